The van der Waals surface area contributed by atoms with E-state index < -0.39 is 202 Å². The van der Waals surface area contributed by atoms with Crippen LogP contribution >= 0.6 is 0 Å². The maximum absolute atomic E-state index is 11.7. The lowest BCUT2D eigenvalue weighted by atomic mass is 9.83. The molecule has 0 spiro atoms. The number of ether oxygens (including phenoxy) is 14. The Balaban J connectivity index is 0.000000265. The highest BCUT2D eigenvalue weighted by Crippen LogP contribution is 2.39. The molecule has 2 unspecified atom stereocenters. The van der Waals surface area contributed by atoms with E-state index in [0.717, 1.165) is 13.5 Å². The minimum Gasteiger partial charge on any atom is -0.481 e. The van der Waals surface area contributed by atoms with Crippen LogP contribution in [-0.4, -0.2) is 330 Å². The average Bonchev–Trinajstić information content (AvgIpc) is 1.31. The molecule has 17 N–H and O–H groups in total. The van der Waals surface area contributed by atoms with E-state index in [2.05, 4.69) is 54.7 Å². The summed E-state index contributed by atoms with van der Waals surface area (Å²) in [5, 5.41) is 143. The summed E-state index contributed by atoms with van der Waals surface area (Å²) in [5.74, 6) is -8.78. The van der Waals surface area contributed by atoms with Gasteiger partial charge in [-0.1, -0.05) is 41.0 Å². The van der Waals surface area contributed by atoms with Crippen LogP contribution in [0.5, 0.6) is 0 Å². The molecule has 0 aromatic rings. The molecular formula is C61H95N3O36. The van der Waals surface area contributed by atoms with Crippen LogP contribution in [0.3, 0.4) is 0 Å². The molecule has 0 aliphatic carbocycles. The lowest BCUT2D eigenvalue weighted by Crippen LogP contribution is -2.60. The second-order valence-corrected chi connectivity index (χ2v) is 24.4. The average molecular weight is 1450 g/mol. The molecule has 3 saturated heterocycles. The zero-order chi connectivity index (χ0) is 74.5. The first-order valence-electron chi connectivity index (χ1n) is 31.4. The van der Waals surface area contributed by atoms with Crippen molar-refractivity contribution in [3.63, 3.8) is 0 Å². The minimum atomic E-state index is -2.62. The predicted octanol–water partition coefficient (Wildman–Crippen LogP) is -6.04. The molecule has 9 aliphatic heterocycles. The first-order chi connectivity index (χ1) is 46.4. The number of rotatable bonds is 19. The van der Waals surface area contributed by atoms with Gasteiger partial charge in [-0.15, -0.1) is 0 Å². The molecule has 0 saturated carbocycles. The zero-order valence-corrected chi connectivity index (χ0v) is 56.8. The number of methoxy groups -OCH3 is 4. The van der Waals surface area contributed by atoms with Crippen molar-refractivity contribution in [1.82, 2.24) is 0 Å². The Kier molecular flexibility index (Phi) is 31.8. The third-order valence-electron chi connectivity index (χ3n) is 17.7. The number of esters is 4. The lowest BCUT2D eigenvalue weighted by Gasteiger charge is -2.43. The largest absolute Gasteiger partial charge is 0.508 e. The fourth-order valence-corrected chi connectivity index (χ4v) is 11.5. The van der Waals surface area contributed by atoms with Crippen molar-refractivity contribution in [2.45, 2.75) is 214 Å². The van der Waals surface area contributed by atoms with Crippen molar-refractivity contribution in [3.05, 3.63) is 35.5 Å². The van der Waals surface area contributed by atoms with Gasteiger partial charge < -0.3 is 148 Å². The van der Waals surface area contributed by atoms with E-state index in [1.54, 1.807) is 19.9 Å². The normalized spacial score (nSPS) is 34.6. The number of aliphatic carboxylic acids is 1. The highest BCUT2D eigenvalue weighted by Gasteiger charge is 2.55. The van der Waals surface area contributed by atoms with Gasteiger partial charge in [0.1, 0.15) is 91.9 Å². The first-order valence-corrected chi connectivity index (χ1v) is 31.4. The van der Waals surface area contributed by atoms with Gasteiger partial charge in [0, 0.05) is 63.7 Å². The molecule has 9 rings (SSSR count). The number of carboxylic acid groups (broad SMARTS) is 1. The number of aliphatic hydroxyl groups excluding tert-OH is 12. The Morgan fingerprint density at radius 1 is 0.550 bits per heavy atom. The zero-order valence-electron chi connectivity index (χ0n) is 56.8. The Hall–Kier alpha value is -7.03. The standard InChI is InChI=1S/C15H23NO4.C13H15NO8.C12H17NO7.C11H20O8.C10H18O8.H2O/c1-6-8(2)9(3)14-13-11(19-10(4)16-13)7-12(20-14)15(17)18-5;1-5-14-9-6(20-5)3-7(12(16)18-2)21-11(9)10(15)8-4-19-13(17)22-8;1-5-13-9-7(19-5)3-8(12(17)18-2)20-11(9)10(16)6(15)4-14;1-5-6(13)3-11(17,10(16)18-2)19-9(5)8(15)7(14)4-12;1-4-5(12)2-10(17,9(15)16)18-8(4)7(14)6(13)3-11;/h7-9,11,13-14H,6H2,1-5H3;3,6,8-11,15H,4H2,1-2H3;3,6-7,9-11,14-16H,4H2,1-2H3;5-9,12-15,17H,3-4H2,1-2H3;4-8,11-14,17H,2-3H2,1H3,(H,15,16);1H2/t8-,9-,11-,13-,14+;6-,8-,9-,10-,11-;6-,7-,9-,10-,11-;5-,6+,7-,8-,9-,11?;4-,5+,6-,7-,8-,10?;/m11111./s1. The number of carboxylic acids is 1. The van der Waals surface area contributed by atoms with Crippen molar-refractivity contribution >= 4 is 53.7 Å². The summed E-state index contributed by atoms with van der Waals surface area (Å²) >= 11 is 0. The van der Waals surface area contributed by atoms with E-state index >= 15 is 0 Å². The van der Waals surface area contributed by atoms with Crippen molar-refractivity contribution in [2.24, 2.45) is 38.6 Å². The van der Waals surface area contributed by atoms with E-state index in [9.17, 15) is 84.9 Å². The smallest absolute Gasteiger partial charge is 0.481 e. The van der Waals surface area contributed by atoms with Gasteiger partial charge in [0.15, 0.2) is 36.0 Å². The van der Waals surface area contributed by atoms with Crippen LogP contribution in [0.15, 0.2) is 50.5 Å². The minimum absolute atomic E-state index is 0. The number of aliphatic imine (C=N–C) groups is 3. The fourth-order valence-electron chi connectivity index (χ4n) is 11.5. The summed E-state index contributed by atoms with van der Waals surface area (Å²) in [4.78, 5) is 81.2. The number of aliphatic hydroxyl groups is 14. The third kappa shape index (κ3) is 20.4. The molecule has 39 heteroatoms. The van der Waals surface area contributed by atoms with E-state index in [-0.39, 0.29) is 53.5 Å². The highest BCUT2D eigenvalue weighted by atomic mass is 16.8. The fraction of sp³-hybridized carbons (Fsp3) is 0.754. The SMILES string of the molecule is CC[C@@H](C)[C@@H](C)[C@@H]1OC(C(=O)OC)=C[C@H]2OC(C)=N[C@@H]12.COC(=O)C1(O)C[C@H](O)[C@@H](C)[C@H]([C@H](O)[C@H](O)CO)O1.COC(=O)C1=C[C@H]2OC(C)=N[C@H]2[C@H]([C@H](O)[C@H](O)CO)O1.COC(=O)C1=C[C@H]2OC(C)=N[C@H]2[C@H]([C@H](O)[C@H]2COC(=O)O2)O1.C[C@H]1[C@H]([C@H](O)[C@H](O)CO)OC(O)(C(=O)O)C[C@@H]1O.O. The molecule has 0 aromatic heterocycles. The Morgan fingerprint density at radius 3 is 1.25 bits per heavy atom. The second-order valence-electron chi connectivity index (χ2n) is 24.4. The van der Waals surface area contributed by atoms with Crippen LogP contribution in [0, 0.1) is 23.7 Å². The second kappa shape index (κ2) is 37.2. The van der Waals surface area contributed by atoms with Crippen LogP contribution in [0.4, 0.5) is 4.79 Å². The summed E-state index contributed by atoms with van der Waals surface area (Å²) < 4.78 is 71.1. The van der Waals surface area contributed by atoms with Crippen molar-refractivity contribution in [1.29, 1.82) is 0 Å². The number of carbonyl (C=O) groups excluding carboxylic acids is 5. The third-order valence-corrected chi connectivity index (χ3v) is 17.7. The number of cyclic esters (lactones) is 2. The Bertz CT molecular complexity index is 2880. The summed E-state index contributed by atoms with van der Waals surface area (Å²) in [6.07, 6.45) is -15.8. The molecule has 0 aromatic carbocycles. The molecule has 39 nitrogen and oxygen atoms in total. The van der Waals surface area contributed by atoms with Gasteiger partial charge in [0.05, 0.1) is 72.7 Å². The number of hydrogen-bond donors (Lipinski definition) is 15. The van der Waals surface area contributed by atoms with Crippen LogP contribution in [0.1, 0.15) is 74.7 Å². The number of fused-ring (bicyclic) bond motifs is 3. The number of hydrogen-bond acceptors (Lipinski definition) is 37. The van der Waals surface area contributed by atoms with Crippen molar-refractivity contribution in [3.8, 4) is 0 Å². The molecular weight excluding hydrogens is 1350 g/mol. The van der Waals surface area contributed by atoms with Gasteiger partial charge >= 0.3 is 36.0 Å². The molecule has 27 atom stereocenters. The van der Waals surface area contributed by atoms with Gasteiger partial charge in [-0.2, -0.15) is 0 Å². The topological polar surface area (TPSA) is 604 Å². The monoisotopic (exact) mass is 1450 g/mol. The Morgan fingerprint density at radius 2 is 0.900 bits per heavy atom. The molecule has 9 aliphatic rings. The molecule has 0 amide bonds. The molecule has 9 heterocycles. The van der Waals surface area contributed by atoms with Gasteiger partial charge in [0.2, 0.25) is 17.3 Å². The highest BCUT2D eigenvalue weighted by molar-refractivity contribution is 5.88. The first kappa shape index (κ1) is 85.4. The van der Waals surface area contributed by atoms with E-state index in [1.807, 2.05) is 6.92 Å². The van der Waals surface area contributed by atoms with Gasteiger partial charge in [0.25, 0.3) is 11.6 Å². The summed E-state index contributed by atoms with van der Waals surface area (Å²) in [7, 11) is 4.81. The van der Waals surface area contributed by atoms with Crippen LogP contribution in [0.2, 0.25) is 0 Å². The van der Waals surface area contributed by atoms with Crippen molar-refractivity contribution in [2.75, 3.05) is 54.9 Å². The molecule has 0 bridgehead atoms. The van der Waals surface area contributed by atoms with Crippen LogP contribution in [0.25, 0.3) is 0 Å². The maximum atomic E-state index is 11.7. The van der Waals surface area contributed by atoms with Crippen LogP contribution < -0.4 is 0 Å². The van der Waals surface area contributed by atoms with Crippen LogP contribution in [-0.2, 0) is 90.3 Å². The Labute approximate surface area is 572 Å². The summed E-state index contributed by atoms with van der Waals surface area (Å²) in [5.41, 5.74) is 0. The van der Waals surface area contributed by atoms with E-state index in [4.69, 9.17) is 67.8 Å². The molecule has 0 radical (unpaired) electrons. The van der Waals surface area contributed by atoms with E-state index in [1.165, 1.54) is 47.3 Å². The maximum Gasteiger partial charge on any atom is 0.508 e. The molecule has 570 valence electrons. The summed E-state index contributed by atoms with van der Waals surface area (Å²) in [6, 6.07) is -1.23. The van der Waals surface area contributed by atoms with Crippen molar-refractivity contribution < 1.29 is 177 Å². The van der Waals surface area contributed by atoms with Gasteiger partial charge in [-0.25, -0.2) is 43.7 Å². The lowest BCUT2D eigenvalue weighted by molar-refractivity contribution is -0.303. The molecule has 3 fully saturated rings. The number of carbonyl (C=O) groups is 6. The number of nitrogens with zero attached hydrogens (tertiary/aromatic N) is 3. The molecule has 100 heavy (non-hydrogen) atoms. The van der Waals surface area contributed by atoms with Gasteiger partial charge in [-0.3, -0.25) is 0 Å². The predicted molar refractivity (Wildman–Crippen MR) is 331 cm³/mol. The van der Waals surface area contributed by atoms with E-state index in [0.29, 0.717) is 23.6 Å². The summed E-state index contributed by atoms with van der Waals surface area (Å²) in [6.45, 7) is 12.4. The van der Waals surface area contributed by atoms with Gasteiger partial charge in [-0.05, 0) is 11.8 Å². The quantitative estimate of drug-likeness (QED) is 0.0423.